The lowest BCUT2D eigenvalue weighted by atomic mass is 10.0. The third kappa shape index (κ3) is 2.72. The molecule has 4 rings (SSSR count). The first-order chi connectivity index (χ1) is 12.0. The minimum atomic E-state index is -0.757. The Bertz CT molecular complexity index is 1030. The van der Waals surface area contributed by atoms with Crippen LogP contribution in [0.3, 0.4) is 0 Å². The van der Waals surface area contributed by atoms with Crippen LogP contribution < -0.4 is 5.69 Å². The Morgan fingerprint density at radius 1 is 1.28 bits per heavy atom. The number of halogens is 2. The molecule has 8 heteroatoms. The summed E-state index contributed by atoms with van der Waals surface area (Å²) in [6.07, 6.45) is 0.843. The number of cyclic esters (lactones) is 1. The van der Waals surface area contributed by atoms with E-state index in [1.165, 1.54) is 18.4 Å². The fraction of sp³-hybridized carbons (Fsp3) is 0.118. The molecule has 126 valence electrons. The summed E-state index contributed by atoms with van der Waals surface area (Å²) >= 11 is 5.67. The molecule has 6 nitrogen and oxygen atoms in total. The number of nitrogens with zero attached hydrogens (tertiary/aromatic N) is 1. The first-order valence-corrected chi connectivity index (χ1v) is 7.73. The smallest absolute Gasteiger partial charge is 0.345 e. The summed E-state index contributed by atoms with van der Waals surface area (Å²) in [5.74, 6) is -0.898. The van der Waals surface area contributed by atoms with Crippen molar-refractivity contribution in [1.29, 1.82) is 0 Å². The van der Waals surface area contributed by atoms with Gasteiger partial charge in [-0.15, -0.1) is 0 Å². The number of aromatic nitrogens is 2. The van der Waals surface area contributed by atoms with Crippen molar-refractivity contribution in [2.24, 2.45) is 0 Å². The summed E-state index contributed by atoms with van der Waals surface area (Å²) in [6.45, 7) is 0. The summed E-state index contributed by atoms with van der Waals surface area (Å²) in [7, 11) is 0. The van der Waals surface area contributed by atoms with Crippen molar-refractivity contribution < 1.29 is 18.3 Å². The van der Waals surface area contributed by atoms with Crippen LogP contribution >= 0.6 is 11.6 Å². The molecule has 0 fully saturated rings. The molecule has 0 bridgehead atoms. The van der Waals surface area contributed by atoms with Gasteiger partial charge in [0, 0.05) is 6.42 Å². The largest absolute Gasteiger partial charge is 0.463 e. The van der Waals surface area contributed by atoms with Gasteiger partial charge in [0.25, 0.3) is 0 Å². The summed E-state index contributed by atoms with van der Waals surface area (Å²) in [6, 6.07) is 7.54. The van der Waals surface area contributed by atoms with Crippen LogP contribution in [0, 0.1) is 5.82 Å². The molecule has 0 spiro atoms. The topological polar surface area (TPSA) is 85.2 Å². The van der Waals surface area contributed by atoms with E-state index in [-0.39, 0.29) is 28.5 Å². The lowest BCUT2D eigenvalue weighted by Gasteiger charge is -2.10. The van der Waals surface area contributed by atoms with Crippen LogP contribution in [0.4, 0.5) is 4.39 Å². The summed E-state index contributed by atoms with van der Waals surface area (Å²) in [4.78, 5) is 30.6. The molecule has 2 aromatic heterocycles. The number of hydrogen-bond donors (Lipinski definition) is 1. The maximum absolute atomic E-state index is 13.6. The van der Waals surface area contributed by atoms with Gasteiger partial charge in [-0.2, -0.15) is 4.98 Å². The minimum Gasteiger partial charge on any atom is -0.463 e. The number of aromatic amines is 1. The molecule has 1 aliphatic rings. The Balaban J connectivity index is 1.77. The lowest BCUT2D eigenvalue weighted by molar-refractivity contribution is 0.0382. The predicted molar refractivity (Wildman–Crippen MR) is 85.8 cm³/mol. The van der Waals surface area contributed by atoms with Crippen molar-refractivity contribution in [2.75, 3.05) is 0 Å². The van der Waals surface area contributed by atoms with Crippen molar-refractivity contribution >= 4 is 17.6 Å². The number of H-pyrrole nitrogens is 1. The Hall–Kier alpha value is -2.93. The SMILES string of the molecule is O=C1OC(Cc2ccc(Cl)c(F)c2)c2[nH]c(=O)nc(-c3ccco3)c21. The molecule has 1 unspecified atom stereocenters. The van der Waals surface area contributed by atoms with E-state index in [9.17, 15) is 14.0 Å². The molecule has 3 heterocycles. The number of furan rings is 1. The molecule has 0 radical (unpaired) electrons. The van der Waals surface area contributed by atoms with Gasteiger partial charge in [-0.1, -0.05) is 17.7 Å². The highest BCUT2D eigenvalue weighted by Gasteiger charge is 2.36. The molecule has 0 amide bonds. The second kappa shape index (κ2) is 5.86. The summed E-state index contributed by atoms with van der Waals surface area (Å²) < 4.78 is 24.2. The van der Waals surface area contributed by atoms with Crippen LogP contribution in [0.1, 0.15) is 27.7 Å². The second-order valence-electron chi connectivity index (χ2n) is 5.50. The molecule has 1 N–H and O–H groups in total. The number of ether oxygens (including phenoxy) is 1. The van der Waals surface area contributed by atoms with Gasteiger partial charge in [-0.25, -0.2) is 14.0 Å². The van der Waals surface area contributed by atoms with E-state index in [2.05, 4.69) is 9.97 Å². The summed E-state index contributed by atoms with van der Waals surface area (Å²) in [5.41, 5.74) is 0.514. The fourth-order valence-corrected chi connectivity index (χ4v) is 2.92. The average molecular weight is 361 g/mol. The van der Waals surface area contributed by atoms with E-state index in [0.29, 0.717) is 11.3 Å². The highest BCUT2D eigenvalue weighted by Crippen LogP contribution is 2.36. The zero-order valence-electron chi connectivity index (χ0n) is 12.6. The predicted octanol–water partition coefficient (Wildman–Crippen LogP) is 3.28. The monoisotopic (exact) mass is 360 g/mol. The van der Waals surface area contributed by atoms with Crippen molar-refractivity contribution in [3.63, 3.8) is 0 Å². The third-order valence-corrected chi connectivity index (χ3v) is 4.20. The molecule has 1 aliphatic heterocycles. The number of benzene rings is 1. The van der Waals surface area contributed by atoms with Gasteiger partial charge >= 0.3 is 11.7 Å². The molecule has 1 atom stereocenters. The van der Waals surface area contributed by atoms with E-state index in [1.807, 2.05) is 0 Å². The number of hydrogen-bond acceptors (Lipinski definition) is 5. The molecular formula is C17H10ClFN2O4. The Kier molecular flexibility index (Phi) is 3.65. The molecule has 0 saturated carbocycles. The van der Waals surface area contributed by atoms with Gasteiger partial charge < -0.3 is 14.1 Å². The molecule has 25 heavy (non-hydrogen) atoms. The van der Waals surface area contributed by atoms with Crippen molar-refractivity contribution in [3.8, 4) is 11.5 Å². The van der Waals surface area contributed by atoms with Crippen molar-refractivity contribution in [3.05, 3.63) is 74.7 Å². The molecular weight excluding hydrogens is 351 g/mol. The number of nitrogens with one attached hydrogen (secondary N) is 1. The van der Waals surface area contributed by atoms with Gasteiger partial charge in [0.2, 0.25) is 0 Å². The Labute approximate surface area is 145 Å². The zero-order chi connectivity index (χ0) is 17.6. The van der Waals surface area contributed by atoms with E-state index < -0.39 is 23.6 Å². The number of carbonyl (C=O) groups excluding carboxylic acids is 1. The van der Waals surface area contributed by atoms with Gasteiger partial charge in [-0.05, 0) is 29.8 Å². The zero-order valence-corrected chi connectivity index (χ0v) is 13.3. The maximum Gasteiger partial charge on any atom is 0.345 e. The van der Waals surface area contributed by atoms with E-state index in [4.69, 9.17) is 20.8 Å². The van der Waals surface area contributed by atoms with Crippen LogP contribution in [0.15, 0.2) is 45.8 Å². The standard InChI is InChI=1S/C17H10ClFN2O4/c18-9-4-3-8(6-10(9)19)7-12-15-13(16(22)25-12)14(20-17(23)21-15)11-2-1-5-24-11/h1-6,12H,7H2,(H,20,21,23). The van der Waals surface area contributed by atoms with E-state index in [0.717, 1.165) is 0 Å². The van der Waals surface area contributed by atoms with Gasteiger partial charge in [0.05, 0.1) is 17.0 Å². The Morgan fingerprint density at radius 2 is 2.12 bits per heavy atom. The van der Waals surface area contributed by atoms with Crippen LogP contribution in [0.5, 0.6) is 0 Å². The molecule has 1 aromatic carbocycles. The highest BCUT2D eigenvalue weighted by atomic mass is 35.5. The van der Waals surface area contributed by atoms with E-state index >= 15 is 0 Å². The van der Waals surface area contributed by atoms with Crippen LogP contribution in [-0.4, -0.2) is 15.9 Å². The van der Waals surface area contributed by atoms with Crippen LogP contribution in [0.25, 0.3) is 11.5 Å². The summed E-state index contributed by atoms with van der Waals surface area (Å²) in [5, 5.41) is 0.00489. The lowest BCUT2D eigenvalue weighted by Crippen LogP contribution is -2.17. The third-order valence-electron chi connectivity index (χ3n) is 3.90. The quantitative estimate of drug-likeness (QED) is 0.724. The average Bonchev–Trinajstić information content (AvgIpc) is 3.20. The normalized spacial score (nSPS) is 15.9. The number of rotatable bonds is 3. The minimum absolute atomic E-state index is 0.00489. The van der Waals surface area contributed by atoms with Crippen LogP contribution in [0.2, 0.25) is 5.02 Å². The van der Waals surface area contributed by atoms with Gasteiger partial charge in [0.1, 0.15) is 23.2 Å². The Morgan fingerprint density at radius 3 is 2.84 bits per heavy atom. The molecule has 3 aromatic rings. The fourth-order valence-electron chi connectivity index (χ4n) is 2.80. The van der Waals surface area contributed by atoms with Crippen LogP contribution in [-0.2, 0) is 11.2 Å². The van der Waals surface area contributed by atoms with Gasteiger partial charge in [0.15, 0.2) is 5.76 Å². The van der Waals surface area contributed by atoms with Crippen molar-refractivity contribution in [2.45, 2.75) is 12.5 Å². The first-order valence-electron chi connectivity index (χ1n) is 7.36. The number of fused-ring (bicyclic) bond motifs is 1. The first kappa shape index (κ1) is 15.6. The highest BCUT2D eigenvalue weighted by molar-refractivity contribution is 6.30. The maximum atomic E-state index is 13.6. The van der Waals surface area contributed by atoms with Gasteiger partial charge in [-0.3, -0.25) is 0 Å². The number of carbonyl (C=O) groups is 1. The van der Waals surface area contributed by atoms with Crippen molar-refractivity contribution in [1.82, 2.24) is 9.97 Å². The molecule has 0 saturated heterocycles. The molecule has 0 aliphatic carbocycles. The second-order valence-corrected chi connectivity index (χ2v) is 5.91. The number of esters is 1. The van der Waals surface area contributed by atoms with E-state index in [1.54, 1.807) is 18.2 Å².